The van der Waals surface area contributed by atoms with Gasteiger partial charge in [0, 0.05) is 35.1 Å². The van der Waals surface area contributed by atoms with Crippen LogP contribution in [0.1, 0.15) is 16.9 Å². The third kappa shape index (κ3) is 4.66. The Morgan fingerprint density at radius 3 is 2.85 bits per heavy atom. The van der Waals surface area contributed by atoms with Crippen molar-refractivity contribution in [2.24, 2.45) is 0 Å². The molecule has 4 heterocycles. The number of pyridine rings is 1. The van der Waals surface area contributed by atoms with E-state index >= 15 is 0 Å². The lowest BCUT2D eigenvalue weighted by molar-refractivity contribution is -0.123. The van der Waals surface area contributed by atoms with Gasteiger partial charge in [-0.3, -0.25) is 19.5 Å². The number of carbonyl (C=O) groups excluding carboxylic acids is 2. The van der Waals surface area contributed by atoms with Gasteiger partial charge in [0.05, 0.1) is 24.3 Å². The van der Waals surface area contributed by atoms with Gasteiger partial charge in [0.2, 0.25) is 5.91 Å². The molecule has 4 aromatic rings. The van der Waals surface area contributed by atoms with Gasteiger partial charge in [-0.15, -0.1) is 0 Å². The van der Waals surface area contributed by atoms with Crippen molar-refractivity contribution in [2.75, 3.05) is 0 Å². The summed E-state index contributed by atoms with van der Waals surface area (Å²) in [6.07, 6.45) is 8.74. The quantitative estimate of drug-likeness (QED) is 0.308. The lowest BCUT2D eigenvalue weighted by Crippen LogP contribution is -2.27. The van der Waals surface area contributed by atoms with Crippen molar-refractivity contribution in [2.45, 2.75) is 19.6 Å². The molecule has 1 aliphatic heterocycles. The van der Waals surface area contributed by atoms with Crippen LogP contribution in [0.2, 0.25) is 0 Å². The van der Waals surface area contributed by atoms with Gasteiger partial charge in [0.1, 0.15) is 16.6 Å². The van der Waals surface area contributed by atoms with Crippen LogP contribution in [-0.2, 0) is 29.2 Å². The van der Waals surface area contributed by atoms with Crippen LogP contribution in [0.15, 0.2) is 82.7 Å². The fourth-order valence-electron chi connectivity index (χ4n) is 3.78. The number of fused-ring (bicyclic) bond motifs is 1. The maximum Gasteiger partial charge on any atom is 0.266 e. The van der Waals surface area contributed by atoms with E-state index in [2.05, 4.69) is 10.3 Å². The largest absolute Gasteiger partial charge is 0.467 e. The molecule has 0 aliphatic carbocycles. The Labute approximate surface area is 205 Å². The van der Waals surface area contributed by atoms with Crippen molar-refractivity contribution in [1.29, 1.82) is 0 Å². The summed E-state index contributed by atoms with van der Waals surface area (Å²) in [5.74, 6) is 0.429. The normalized spacial score (nSPS) is 14.9. The maximum atomic E-state index is 13.1. The van der Waals surface area contributed by atoms with Crippen LogP contribution >= 0.6 is 24.0 Å². The number of nitrogens with zero attached hydrogens (tertiary/aromatic N) is 3. The van der Waals surface area contributed by atoms with Crippen molar-refractivity contribution in [3.63, 3.8) is 0 Å². The number of carbonyl (C=O) groups is 2. The number of para-hydroxylation sites is 1. The molecule has 0 bridgehead atoms. The van der Waals surface area contributed by atoms with Crippen LogP contribution in [0.25, 0.3) is 17.0 Å². The summed E-state index contributed by atoms with van der Waals surface area (Å²) in [6, 6.07) is 15.2. The van der Waals surface area contributed by atoms with Gasteiger partial charge < -0.3 is 14.3 Å². The van der Waals surface area contributed by atoms with Crippen molar-refractivity contribution in [3.8, 4) is 0 Å². The van der Waals surface area contributed by atoms with E-state index in [0.29, 0.717) is 28.1 Å². The highest BCUT2D eigenvalue weighted by Crippen LogP contribution is 2.35. The Balaban J connectivity index is 1.37. The molecule has 7 nitrogen and oxygen atoms in total. The van der Waals surface area contributed by atoms with Crippen LogP contribution in [-0.4, -0.2) is 30.6 Å². The molecule has 5 rings (SSSR count). The number of thiocarbonyl (C=S) groups is 1. The fraction of sp³-hybridized carbons (Fsp3) is 0.120. The second-order valence-electron chi connectivity index (χ2n) is 7.71. The Morgan fingerprint density at radius 1 is 1.18 bits per heavy atom. The molecule has 0 radical (unpaired) electrons. The van der Waals surface area contributed by atoms with Crippen LogP contribution in [0.5, 0.6) is 0 Å². The number of hydrogen-bond acceptors (Lipinski definition) is 6. The first-order chi connectivity index (χ1) is 16.6. The minimum absolute atomic E-state index is 0.133. The molecular formula is C25H20N4O3S2. The molecule has 0 saturated carbocycles. The predicted molar refractivity (Wildman–Crippen MR) is 135 cm³/mol. The highest BCUT2D eigenvalue weighted by molar-refractivity contribution is 8.26. The third-order valence-electron chi connectivity index (χ3n) is 5.40. The van der Waals surface area contributed by atoms with Gasteiger partial charge in [0.15, 0.2) is 0 Å². The van der Waals surface area contributed by atoms with Gasteiger partial charge in [0.25, 0.3) is 5.91 Å². The Morgan fingerprint density at radius 2 is 2.06 bits per heavy atom. The standard InChI is InChI=1S/C25H20N4O3S2/c30-23(27-13-19-6-4-10-32-19)16-28-15-18(20-7-1-2-8-21(20)28)11-22-24(31)29(25(33)34-22)14-17-5-3-9-26-12-17/h1-12,15H,13-14,16H2,(H,27,30)/b22-11-. The van der Waals surface area contributed by atoms with Gasteiger partial charge in [-0.2, -0.15) is 0 Å². The average Bonchev–Trinajstić information content (AvgIpc) is 3.55. The van der Waals surface area contributed by atoms with E-state index in [1.807, 2.05) is 59.3 Å². The monoisotopic (exact) mass is 488 g/mol. The Kier molecular flexibility index (Phi) is 6.29. The minimum Gasteiger partial charge on any atom is -0.467 e. The van der Waals surface area contributed by atoms with Crippen LogP contribution in [0.4, 0.5) is 0 Å². The van der Waals surface area contributed by atoms with Crippen molar-refractivity contribution in [1.82, 2.24) is 19.8 Å². The molecule has 1 aromatic carbocycles. The van der Waals surface area contributed by atoms with Crippen LogP contribution < -0.4 is 5.32 Å². The van der Waals surface area contributed by atoms with Gasteiger partial charge >= 0.3 is 0 Å². The number of rotatable bonds is 7. The topological polar surface area (TPSA) is 80.4 Å². The number of furan rings is 1. The number of hydrogen-bond donors (Lipinski definition) is 1. The summed E-state index contributed by atoms with van der Waals surface area (Å²) in [7, 11) is 0. The molecule has 2 amide bonds. The van der Waals surface area contributed by atoms with Crippen LogP contribution in [0.3, 0.4) is 0 Å². The smallest absolute Gasteiger partial charge is 0.266 e. The number of amides is 2. The summed E-state index contributed by atoms with van der Waals surface area (Å²) >= 11 is 6.76. The first-order valence-corrected chi connectivity index (χ1v) is 11.8. The summed E-state index contributed by atoms with van der Waals surface area (Å²) in [6.45, 7) is 0.863. The molecule has 34 heavy (non-hydrogen) atoms. The molecule has 3 aromatic heterocycles. The number of nitrogens with one attached hydrogen (secondary N) is 1. The van der Waals surface area contributed by atoms with Crippen LogP contribution in [0, 0.1) is 0 Å². The van der Waals surface area contributed by atoms with E-state index < -0.39 is 0 Å². The minimum atomic E-state index is -0.133. The zero-order valence-corrected chi connectivity index (χ0v) is 19.6. The second kappa shape index (κ2) is 9.66. The fourth-order valence-corrected chi connectivity index (χ4v) is 5.03. The first-order valence-electron chi connectivity index (χ1n) is 10.6. The summed E-state index contributed by atoms with van der Waals surface area (Å²) in [4.78, 5) is 31.9. The highest BCUT2D eigenvalue weighted by Gasteiger charge is 2.32. The highest BCUT2D eigenvalue weighted by atomic mass is 32.2. The van der Waals surface area contributed by atoms with Gasteiger partial charge in [-0.05, 0) is 35.9 Å². The lowest BCUT2D eigenvalue weighted by atomic mass is 10.1. The molecule has 0 unspecified atom stereocenters. The van der Waals surface area contributed by atoms with Crippen molar-refractivity contribution in [3.05, 3.63) is 95.2 Å². The summed E-state index contributed by atoms with van der Waals surface area (Å²) in [5, 5.41) is 3.82. The van der Waals surface area contributed by atoms with E-state index in [9.17, 15) is 9.59 Å². The Hall–Kier alpha value is -3.69. The molecular weight excluding hydrogens is 468 g/mol. The maximum absolute atomic E-state index is 13.1. The van der Waals surface area contributed by atoms with E-state index in [-0.39, 0.29) is 18.4 Å². The number of benzene rings is 1. The Bertz CT molecular complexity index is 1390. The first kappa shape index (κ1) is 22.1. The van der Waals surface area contributed by atoms with Gasteiger partial charge in [-0.25, -0.2) is 0 Å². The third-order valence-corrected chi connectivity index (χ3v) is 6.77. The molecule has 0 spiro atoms. The second-order valence-corrected chi connectivity index (χ2v) is 9.39. The predicted octanol–water partition coefficient (Wildman–Crippen LogP) is 4.35. The zero-order valence-electron chi connectivity index (χ0n) is 18.0. The van der Waals surface area contributed by atoms with E-state index in [1.165, 1.54) is 11.8 Å². The molecule has 1 fully saturated rings. The number of aromatic nitrogens is 2. The number of thioether (sulfide) groups is 1. The van der Waals surface area contributed by atoms with E-state index in [1.54, 1.807) is 29.6 Å². The molecule has 1 saturated heterocycles. The average molecular weight is 489 g/mol. The summed E-state index contributed by atoms with van der Waals surface area (Å²) in [5.41, 5.74) is 2.68. The van der Waals surface area contributed by atoms with Gasteiger partial charge in [-0.1, -0.05) is 48.2 Å². The van der Waals surface area contributed by atoms with E-state index in [4.69, 9.17) is 16.6 Å². The molecule has 0 atom stereocenters. The molecule has 1 N–H and O–H groups in total. The van der Waals surface area contributed by atoms with Crippen molar-refractivity contribution < 1.29 is 14.0 Å². The SMILES string of the molecule is O=C(Cn1cc(/C=C2\SC(=S)N(Cc3cccnc3)C2=O)c2ccccc21)NCc1ccco1. The molecule has 170 valence electrons. The summed E-state index contributed by atoms with van der Waals surface area (Å²) < 4.78 is 7.67. The molecule has 9 heteroatoms. The lowest BCUT2D eigenvalue weighted by Gasteiger charge is -2.13. The van der Waals surface area contributed by atoms with Crippen molar-refractivity contribution >= 4 is 57.1 Å². The van der Waals surface area contributed by atoms with E-state index in [0.717, 1.165) is 22.0 Å². The molecule has 1 aliphatic rings. The zero-order chi connectivity index (χ0) is 23.5.